The van der Waals surface area contributed by atoms with E-state index in [9.17, 15) is 10.2 Å². The lowest BCUT2D eigenvalue weighted by atomic mass is 10.2. The molecule has 0 aliphatic heterocycles. The summed E-state index contributed by atoms with van der Waals surface area (Å²) in [4.78, 5) is 0. The molecule has 6 aromatic heterocycles. The van der Waals surface area contributed by atoms with Crippen LogP contribution in [0.1, 0.15) is 0 Å². The molecule has 0 amide bonds. The zero-order valence-electron chi connectivity index (χ0n) is 16.9. The Bertz CT molecular complexity index is 1940. The summed E-state index contributed by atoms with van der Waals surface area (Å²) in [6, 6.07) is 11.4. The molecule has 32 heavy (non-hydrogen) atoms. The third kappa shape index (κ3) is 1.90. The molecule has 6 heterocycles. The number of nitrogens with zero attached hydrogens (tertiary/aromatic N) is 2. The first-order chi connectivity index (χ1) is 15.5. The molecule has 0 unspecified atom stereocenters. The number of hydrogen-bond donors (Lipinski definition) is 2. The van der Waals surface area contributed by atoms with Crippen LogP contribution in [0.25, 0.3) is 70.4 Å². The van der Waals surface area contributed by atoms with Crippen LogP contribution >= 0.6 is 45.3 Å². The number of aromatic hydroxyl groups is 2. The van der Waals surface area contributed by atoms with Crippen LogP contribution in [0.5, 0.6) is 11.5 Å². The van der Waals surface area contributed by atoms with Gasteiger partial charge in [0.2, 0.25) is 0 Å². The summed E-state index contributed by atoms with van der Waals surface area (Å²) >= 11 is 7.32. The lowest BCUT2D eigenvalue weighted by molar-refractivity contribution is 0.475. The van der Waals surface area contributed by atoms with Crippen molar-refractivity contribution in [2.45, 2.75) is 0 Å². The van der Waals surface area contributed by atoms with Gasteiger partial charge in [0.05, 0.1) is 50.3 Å². The molecule has 2 aromatic carbocycles. The molecule has 8 aromatic rings. The molecule has 0 radical (unpaired) electrons. The van der Waals surface area contributed by atoms with Crippen molar-refractivity contribution in [3.8, 4) is 11.5 Å². The van der Waals surface area contributed by atoms with Crippen LogP contribution in [-0.2, 0) is 14.1 Å². The monoisotopic (exact) mass is 490 g/mol. The van der Waals surface area contributed by atoms with Crippen molar-refractivity contribution >= 4 is 116 Å². The Kier molecular flexibility index (Phi) is 3.09. The molecular weight excluding hydrogens is 477 g/mol. The Morgan fingerprint density at radius 2 is 0.906 bits per heavy atom. The maximum Gasteiger partial charge on any atom is 0.117 e. The molecule has 156 valence electrons. The van der Waals surface area contributed by atoms with Crippen molar-refractivity contribution in [2.75, 3.05) is 0 Å². The number of phenolic OH excluding ortho intramolecular Hbond substituents is 2. The molecule has 8 rings (SSSR count). The van der Waals surface area contributed by atoms with Gasteiger partial charge in [0.1, 0.15) is 11.5 Å². The minimum Gasteiger partial charge on any atom is -0.508 e. The zero-order chi connectivity index (χ0) is 21.5. The van der Waals surface area contributed by atoms with Crippen molar-refractivity contribution in [3.05, 3.63) is 36.4 Å². The lowest BCUT2D eigenvalue weighted by Crippen LogP contribution is -1.86. The molecule has 0 spiro atoms. The van der Waals surface area contributed by atoms with E-state index in [4.69, 9.17) is 0 Å². The van der Waals surface area contributed by atoms with Gasteiger partial charge in [0, 0.05) is 34.3 Å². The minimum absolute atomic E-state index is 0.318. The van der Waals surface area contributed by atoms with Crippen molar-refractivity contribution in [3.63, 3.8) is 0 Å². The number of hydrogen-bond acceptors (Lipinski definition) is 6. The van der Waals surface area contributed by atoms with E-state index in [0.717, 1.165) is 9.40 Å². The van der Waals surface area contributed by atoms with Gasteiger partial charge in [-0.1, -0.05) is 0 Å². The van der Waals surface area contributed by atoms with Crippen molar-refractivity contribution in [1.29, 1.82) is 0 Å². The fourth-order valence-electron chi connectivity index (χ4n) is 5.17. The van der Waals surface area contributed by atoms with Gasteiger partial charge in [0.25, 0.3) is 0 Å². The molecule has 0 fully saturated rings. The van der Waals surface area contributed by atoms with E-state index in [-0.39, 0.29) is 0 Å². The first-order valence-corrected chi connectivity index (χ1v) is 13.4. The SMILES string of the molecule is Cn1c2c3ccc(O)cc3sc2c2sc3c(sc4c5sc6cc(O)ccc6c5n(C)c43)c21. The molecule has 2 N–H and O–H groups in total. The molecule has 8 heteroatoms. The van der Waals surface area contributed by atoms with Gasteiger partial charge in [-0.05, 0) is 36.4 Å². The Balaban J connectivity index is 1.55. The summed E-state index contributed by atoms with van der Waals surface area (Å²) in [5.74, 6) is 0.636. The lowest BCUT2D eigenvalue weighted by Gasteiger charge is -1.98. The normalized spacial score (nSPS) is 12.9. The van der Waals surface area contributed by atoms with Crippen LogP contribution < -0.4 is 0 Å². The van der Waals surface area contributed by atoms with Crippen molar-refractivity contribution in [1.82, 2.24) is 9.13 Å². The molecule has 0 aliphatic carbocycles. The van der Waals surface area contributed by atoms with E-state index in [0.29, 0.717) is 11.5 Å². The predicted molar refractivity (Wildman–Crippen MR) is 142 cm³/mol. The highest BCUT2D eigenvalue weighted by atomic mass is 32.1. The zero-order valence-corrected chi connectivity index (χ0v) is 20.2. The first-order valence-electron chi connectivity index (χ1n) is 10.1. The topological polar surface area (TPSA) is 50.3 Å². The average Bonchev–Trinajstić information content (AvgIpc) is 3.53. The van der Waals surface area contributed by atoms with Gasteiger partial charge in [-0.25, -0.2) is 0 Å². The Morgan fingerprint density at radius 3 is 1.31 bits per heavy atom. The Hall–Kier alpha value is -2.78. The van der Waals surface area contributed by atoms with Gasteiger partial charge in [-0.2, -0.15) is 0 Å². The van der Waals surface area contributed by atoms with E-state index >= 15 is 0 Å². The van der Waals surface area contributed by atoms with Crippen LogP contribution in [0.2, 0.25) is 0 Å². The molecule has 0 saturated heterocycles. The average molecular weight is 491 g/mol. The number of phenols is 2. The molecule has 0 atom stereocenters. The fourth-order valence-corrected chi connectivity index (χ4v) is 11.0. The maximum atomic E-state index is 9.93. The second kappa shape index (κ2) is 5.58. The Labute approximate surface area is 196 Å². The minimum atomic E-state index is 0.318. The highest BCUT2D eigenvalue weighted by molar-refractivity contribution is 7.41. The predicted octanol–water partition coefficient (Wildman–Crippen LogP) is 8.09. The third-order valence-corrected chi connectivity index (χ3v) is 11.6. The number of rotatable bonds is 0. The van der Waals surface area contributed by atoms with E-state index in [1.54, 1.807) is 34.8 Å². The van der Waals surface area contributed by atoms with Crippen LogP contribution in [-0.4, -0.2) is 19.3 Å². The van der Waals surface area contributed by atoms with Crippen LogP contribution in [0, 0.1) is 0 Å². The van der Waals surface area contributed by atoms with Gasteiger partial charge in [0.15, 0.2) is 0 Å². The van der Waals surface area contributed by atoms with E-state index < -0.39 is 0 Å². The second-order valence-corrected chi connectivity index (χ2v) is 12.4. The summed E-state index contributed by atoms with van der Waals surface area (Å²) in [7, 11) is 4.33. The van der Waals surface area contributed by atoms with Crippen molar-refractivity contribution < 1.29 is 10.2 Å². The molecule has 0 bridgehead atoms. The first kappa shape index (κ1) is 17.7. The third-order valence-electron chi connectivity index (χ3n) is 6.52. The van der Waals surface area contributed by atoms with E-state index in [1.165, 1.54) is 61.0 Å². The number of aryl methyl sites for hydroxylation is 2. The summed E-state index contributed by atoms with van der Waals surface area (Å²) in [5.41, 5.74) is 5.14. The van der Waals surface area contributed by atoms with Gasteiger partial charge in [-0.15, -0.1) is 45.3 Å². The summed E-state index contributed by atoms with van der Waals surface area (Å²) in [6.45, 7) is 0. The van der Waals surface area contributed by atoms with Crippen LogP contribution in [0.4, 0.5) is 0 Å². The number of thiophene rings is 4. The maximum absolute atomic E-state index is 9.93. The largest absolute Gasteiger partial charge is 0.508 e. The van der Waals surface area contributed by atoms with Crippen LogP contribution in [0.3, 0.4) is 0 Å². The molecular formula is C24H14N2O2S4. The highest BCUT2D eigenvalue weighted by Gasteiger charge is 2.25. The van der Waals surface area contributed by atoms with Crippen LogP contribution in [0.15, 0.2) is 36.4 Å². The smallest absolute Gasteiger partial charge is 0.117 e. The molecule has 0 aliphatic rings. The van der Waals surface area contributed by atoms with Gasteiger partial charge < -0.3 is 19.3 Å². The summed E-state index contributed by atoms with van der Waals surface area (Å²) in [5, 5.41) is 22.3. The standard InChI is InChI=1S/C24H14N2O2S4/c1-25-15-11-5-3-9(27)7-13(11)29-19(15)21-17(25)23-24(31-21)18-22(32-23)20-16(26(18)2)12-6-4-10(28)8-14(12)30-20/h3-8,27-28H,1-2H3. The molecule has 4 nitrogen and oxygen atoms in total. The van der Waals surface area contributed by atoms with Gasteiger partial charge in [-0.3, -0.25) is 0 Å². The second-order valence-electron chi connectivity index (χ2n) is 8.26. The highest BCUT2D eigenvalue weighted by Crippen LogP contribution is 2.54. The quantitative estimate of drug-likeness (QED) is 0.226. The van der Waals surface area contributed by atoms with Crippen molar-refractivity contribution in [2.24, 2.45) is 14.1 Å². The fraction of sp³-hybridized carbons (Fsp3) is 0.0833. The summed E-state index contributed by atoms with van der Waals surface area (Å²) < 4.78 is 14.9. The molecule has 0 saturated carbocycles. The van der Waals surface area contributed by atoms with E-state index in [2.05, 4.69) is 23.2 Å². The van der Waals surface area contributed by atoms with E-state index in [1.807, 2.05) is 46.9 Å². The number of fused-ring (bicyclic) bond motifs is 13. The van der Waals surface area contributed by atoms with Gasteiger partial charge >= 0.3 is 0 Å². The summed E-state index contributed by atoms with van der Waals surface area (Å²) in [6.07, 6.45) is 0. The number of benzene rings is 2. The Morgan fingerprint density at radius 1 is 0.531 bits per heavy atom. The number of aromatic nitrogens is 2.